The molecule has 1 rings (SSSR count). The Bertz CT molecular complexity index is 425. The van der Waals surface area contributed by atoms with E-state index in [4.69, 9.17) is 23.6 Å². The normalized spacial score (nSPS) is 27.9. The van der Waals surface area contributed by atoms with Crippen molar-refractivity contribution in [2.45, 2.75) is 81.8 Å². The van der Waals surface area contributed by atoms with Crippen molar-refractivity contribution in [3.63, 3.8) is 0 Å². The van der Waals surface area contributed by atoms with Crippen molar-refractivity contribution in [3.8, 4) is 0 Å². The van der Waals surface area contributed by atoms with Crippen LogP contribution >= 0.6 is 14.7 Å². The van der Waals surface area contributed by atoms with Crippen LogP contribution in [0.25, 0.3) is 0 Å². The van der Waals surface area contributed by atoms with Crippen LogP contribution in [0.15, 0.2) is 0 Å². The van der Waals surface area contributed by atoms with Gasteiger partial charge in [-0.1, -0.05) is 52.9 Å². The first-order valence-electron chi connectivity index (χ1n) is 8.67. The second kappa shape index (κ2) is 10.3. The standard InChI is InChI=1S/C15H31NO2P2S3/c1-4-7-8-9-10-11-12-16-13(17)15(19-21,20-22)14(5-2,6-3)23(16)18/h4-12,19-20H2,1-3H3. The lowest BCUT2D eigenvalue weighted by Crippen LogP contribution is -2.48. The van der Waals surface area contributed by atoms with Gasteiger partial charge >= 0.3 is 0 Å². The van der Waals surface area contributed by atoms with E-state index in [9.17, 15) is 9.35 Å². The number of hydrogen-bond acceptors (Lipinski definition) is 4. The third-order valence-corrected chi connectivity index (χ3v) is 14.9. The molecule has 0 aromatic carbocycles. The first-order chi connectivity index (χ1) is 11.0. The molecule has 8 heteroatoms. The number of carbonyl (C=O) groups is 1. The van der Waals surface area contributed by atoms with Gasteiger partial charge in [0.05, 0.1) is 17.9 Å². The van der Waals surface area contributed by atoms with Crippen molar-refractivity contribution in [2.75, 3.05) is 6.54 Å². The maximum atomic E-state index is 13.1. The van der Waals surface area contributed by atoms with E-state index in [0.29, 0.717) is 6.54 Å². The summed E-state index contributed by atoms with van der Waals surface area (Å²) in [6.45, 7) is 6.87. The lowest BCUT2D eigenvalue weighted by molar-refractivity contribution is -0.126. The zero-order valence-corrected chi connectivity index (χ0v) is 19.3. The molecule has 0 aromatic rings. The zero-order chi connectivity index (χ0) is 17.5. The second-order valence-corrected chi connectivity index (χ2v) is 12.3. The summed E-state index contributed by atoms with van der Waals surface area (Å²) >= 11 is 9.58. The Morgan fingerprint density at radius 3 is 2.00 bits per heavy atom. The molecule has 0 N–H and O–H groups in total. The molecular formula is C15H31NO2P2S3. The fraction of sp³-hybridized carbons (Fsp3) is 0.933. The van der Waals surface area contributed by atoms with Crippen molar-refractivity contribution in [1.29, 1.82) is 0 Å². The van der Waals surface area contributed by atoms with Gasteiger partial charge in [-0.25, -0.2) is 0 Å². The average molecular weight is 416 g/mol. The fourth-order valence-electron chi connectivity index (χ4n) is 3.48. The predicted octanol–water partition coefficient (Wildman–Crippen LogP) is 3.85. The summed E-state index contributed by atoms with van der Waals surface area (Å²) in [5.74, 6) is 0.0168. The van der Waals surface area contributed by atoms with Crippen LogP contribution in [0.2, 0.25) is 0 Å². The highest BCUT2D eigenvalue weighted by Gasteiger charge is 2.69. The van der Waals surface area contributed by atoms with E-state index in [1.807, 2.05) is 13.8 Å². The van der Waals surface area contributed by atoms with Crippen LogP contribution in [0, 0.1) is 0 Å². The minimum atomic E-state index is -1.27. The van der Waals surface area contributed by atoms with Crippen molar-refractivity contribution in [1.82, 2.24) is 4.31 Å². The van der Waals surface area contributed by atoms with Gasteiger partial charge in [0.2, 0.25) is 0 Å². The Labute approximate surface area is 157 Å². The number of carbonyl (C=O) groups excluding carboxylic acids is 1. The third-order valence-electron chi connectivity index (χ3n) is 5.10. The molecule has 0 radical (unpaired) electrons. The van der Waals surface area contributed by atoms with Gasteiger partial charge in [0.15, 0.2) is 9.64 Å². The van der Waals surface area contributed by atoms with Gasteiger partial charge in [-0.2, -0.15) is 4.31 Å². The molecule has 3 atom stereocenters. The predicted molar refractivity (Wildman–Crippen MR) is 113 cm³/mol. The Hall–Kier alpha value is 1.08. The summed E-state index contributed by atoms with van der Waals surface area (Å²) in [6.07, 6.45) is 8.42. The van der Waals surface area contributed by atoms with Gasteiger partial charge in [0.1, 0.15) is 0 Å². The third kappa shape index (κ3) is 4.09. The van der Waals surface area contributed by atoms with Crippen LogP contribution in [-0.4, -0.2) is 31.0 Å². The number of rotatable bonds is 11. The maximum absolute atomic E-state index is 13.1. The maximum Gasteiger partial charge on any atom is 0.284 e. The van der Waals surface area contributed by atoms with E-state index in [-0.39, 0.29) is 5.91 Å². The lowest BCUT2D eigenvalue weighted by atomic mass is 9.96. The van der Waals surface area contributed by atoms with E-state index in [1.54, 1.807) is 4.31 Å². The molecular weight excluding hydrogens is 384 g/mol. The van der Waals surface area contributed by atoms with Crippen molar-refractivity contribution < 1.29 is 9.35 Å². The number of unbranched alkanes of at least 4 members (excludes halogenated alkanes) is 5. The van der Waals surface area contributed by atoms with Crippen LogP contribution in [0.5, 0.6) is 0 Å². The molecule has 0 aromatic heterocycles. The average Bonchev–Trinajstić information content (AvgIpc) is 2.75. The smallest absolute Gasteiger partial charge is 0.284 e. The minimum Gasteiger partial charge on any atom is -0.592 e. The van der Waals surface area contributed by atoms with Crippen LogP contribution in [0.4, 0.5) is 0 Å². The van der Waals surface area contributed by atoms with E-state index in [0.717, 1.165) is 25.7 Å². The molecule has 1 amide bonds. The molecule has 3 nitrogen and oxygen atoms in total. The van der Waals surface area contributed by atoms with E-state index >= 15 is 0 Å². The van der Waals surface area contributed by atoms with Crippen molar-refractivity contribution in [3.05, 3.63) is 0 Å². The molecule has 1 saturated heterocycles. The zero-order valence-electron chi connectivity index (χ0n) is 14.5. The van der Waals surface area contributed by atoms with Gasteiger partial charge in [-0.15, -0.1) is 23.6 Å². The van der Waals surface area contributed by atoms with Crippen LogP contribution in [-0.2, 0) is 39.8 Å². The molecule has 0 spiro atoms. The Kier molecular flexibility index (Phi) is 9.89. The summed E-state index contributed by atoms with van der Waals surface area (Å²) in [6, 6.07) is 0. The van der Waals surface area contributed by atoms with E-state index in [1.165, 1.54) is 25.7 Å². The van der Waals surface area contributed by atoms with Crippen molar-refractivity contribution >= 4 is 55.6 Å². The highest BCUT2D eigenvalue weighted by atomic mass is 32.4. The summed E-state index contributed by atoms with van der Waals surface area (Å²) < 4.78 is 14.3. The Morgan fingerprint density at radius 1 is 1.04 bits per heavy atom. The second-order valence-electron chi connectivity index (χ2n) is 6.23. The van der Waals surface area contributed by atoms with Crippen molar-refractivity contribution in [2.24, 2.45) is 0 Å². The lowest BCUT2D eigenvalue weighted by Gasteiger charge is -2.35. The molecule has 1 fully saturated rings. The Morgan fingerprint density at radius 2 is 1.57 bits per heavy atom. The van der Waals surface area contributed by atoms with Gasteiger partial charge < -0.3 is 4.55 Å². The summed E-state index contributed by atoms with van der Waals surface area (Å²) in [5.41, 5.74) is 0. The van der Waals surface area contributed by atoms with E-state index in [2.05, 4.69) is 6.92 Å². The highest BCUT2D eigenvalue weighted by molar-refractivity contribution is 8.08. The van der Waals surface area contributed by atoms with Crippen LogP contribution < -0.4 is 0 Å². The molecule has 0 aliphatic carbocycles. The minimum absolute atomic E-state index is 0.0168. The van der Waals surface area contributed by atoms with Crippen LogP contribution in [0.1, 0.15) is 72.1 Å². The largest absolute Gasteiger partial charge is 0.592 e. The van der Waals surface area contributed by atoms with E-state index < -0.39 is 35.7 Å². The summed E-state index contributed by atoms with van der Waals surface area (Å²) in [4.78, 5) is 12.4. The van der Waals surface area contributed by atoms with Gasteiger partial charge in [0.25, 0.3) is 5.91 Å². The molecule has 1 aliphatic heterocycles. The fourth-order valence-corrected chi connectivity index (χ4v) is 12.9. The quantitative estimate of drug-likeness (QED) is 0.292. The summed E-state index contributed by atoms with van der Waals surface area (Å²) in [7, 11) is -1.03. The van der Waals surface area contributed by atoms with Gasteiger partial charge in [-0.05, 0) is 34.0 Å². The number of nitrogens with zero attached hydrogens (tertiary/aromatic N) is 1. The molecule has 3 unspecified atom stereocenters. The summed E-state index contributed by atoms with van der Waals surface area (Å²) in [5, 5.41) is 0. The molecule has 0 saturated carbocycles. The molecule has 1 heterocycles. The first kappa shape index (κ1) is 22.1. The SMILES string of the molecule is CCCCCCCCN1C(=O)C([PH2]=S)([PH2]=S)C(CC)(CC)[S+]1[O-]. The monoisotopic (exact) mass is 415 g/mol. The highest BCUT2D eigenvalue weighted by Crippen LogP contribution is 2.58. The molecule has 1 aliphatic rings. The number of hydrogen-bond donors (Lipinski definition) is 0. The van der Waals surface area contributed by atoms with Gasteiger partial charge in [0, 0.05) is 0 Å². The van der Waals surface area contributed by atoms with Crippen LogP contribution in [0.3, 0.4) is 0 Å². The topological polar surface area (TPSA) is 43.4 Å². The molecule has 0 bridgehead atoms. The number of amides is 1. The molecule has 136 valence electrons. The Balaban J connectivity index is 2.85. The van der Waals surface area contributed by atoms with Gasteiger partial charge in [-0.3, -0.25) is 4.79 Å². The first-order valence-corrected chi connectivity index (χ1v) is 14.7. The molecule has 23 heavy (non-hydrogen) atoms.